The molecule has 63 heavy (non-hydrogen) atoms. The second kappa shape index (κ2) is 19.0. The van der Waals surface area contributed by atoms with Crippen LogP contribution in [0.4, 0.5) is 22.9 Å². The first-order chi connectivity index (χ1) is 30.8. The van der Waals surface area contributed by atoms with Crippen LogP contribution in [0, 0.1) is 5.92 Å². The van der Waals surface area contributed by atoms with Gasteiger partial charge in [-0.3, -0.25) is 29.6 Å². The van der Waals surface area contributed by atoms with E-state index in [9.17, 15) is 14.4 Å². The smallest absolute Gasteiger partial charge is 0.271 e. The number of benzene rings is 2. The van der Waals surface area contributed by atoms with Crippen molar-refractivity contribution in [2.24, 2.45) is 5.92 Å². The predicted octanol–water partition coefficient (Wildman–Crippen LogP) is 6.66. The van der Waals surface area contributed by atoms with Gasteiger partial charge in [0, 0.05) is 107 Å². The third-order valence-corrected chi connectivity index (χ3v) is 13.6. The van der Waals surface area contributed by atoms with Gasteiger partial charge in [0.1, 0.15) is 0 Å². The van der Waals surface area contributed by atoms with Gasteiger partial charge < -0.3 is 25.3 Å². The van der Waals surface area contributed by atoms with E-state index in [2.05, 4.69) is 83.0 Å². The Labute approximate surface area is 374 Å². The number of hydrogen-bond acceptors (Lipinski definition) is 11. The van der Waals surface area contributed by atoms with Crippen molar-refractivity contribution in [3.8, 4) is 11.3 Å². The Morgan fingerprint density at radius 3 is 2.37 bits per heavy atom. The zero-order valence-corrected chi connectivity index (χ0v) is 37.2. The second-order valence-corrected chi connectivity index (χ2v) is 17.9. The number of piperidine rings is 2. The number of amides is 3. The fourth-order valence-electron chi connectivity index (χ4n) is 9.40. The number of hydrogen-bond donors (Lipinski definition) is 3. The predicted molar refractivity (Wildman–Crippen MR) is 248 cm³/mol. The van der Waals surface area contributed by atoms with Crippen molar-refractivity contribution in [1.29, 1.82) is 0 Å². The Bertz CT molecular complexity index is 2450. The Kier molecular flexibility index (Phi) is 12.9. The average molecular weight is 873 g/mol. The number of nitrogens with one attached hydrogen (secondary N) is 3. The minimum Gasteiger partial charge on any atom is -0.385 e. The van der Waals surface area contributed by atoms with Crippen LogP contribution < -0.4 is 25.8 Å². The van der Waals surface area contributed by atoms with Crippen LogP contribution >= 0.6 is 11.6 Å². The fraction of sp³-hybridized carbons (Fsp3) is 0.458. The molecule has 1 saturated carbocycles. The van der Waals surface area contributed by atoms with Crippen LogP contribution in [-0.4, -0.2) is 114 Å². The van der Waals surface area contributed by atoms with Crippen LogP contribution in [0.25, 0.3) is 16.9 Å². The first-order valence-electron chi connectivity index (χ1n) is 22.7. The van der Waals surface area contributed by atoms with Crippen LogP contribution in [0.15, 0.2) is 67.0 Å². The maximum atomic E-state index is 12.6. The van der Waals surface area contributed by atoms with E-state index in [1.165, 1.54) is 36.8 Å². The van der Waals surface area contributed by atoms with Crippen LogP contribution in [0.5, 0.6) is 0 Å². The average Bonchev–Trinajstić information content (AvgIpc) is 4.04. The van der Waals surface area contributed by atoms with Gasteiger partial charge in [-0.05, 0) is 91.6 Å². The van der Waals surface area contributed by atoms with Gasteiger partial charge >= 0.3 is 0 Å². The summed E-state index contributed by atoms with van der Waals surface area (Å²) in [6, 6.07) is 18.8. The summed E-state index contributed by atoms with van der Waals surface area (Å²) in [5.41, 5.74) is 9.37. The minimum atomic E-state index is -0.378. The lowest BCUT2D eigenvalue weighted by Crippen LogP contribution is -2.46. The Morgan fingerprint density at radius 1 is 0.857 bits per heavy atom. The van der Waals surface area contributed by atoms with Gasteiger partial charge in [-0.15, -0.1) is 5.10 Å². The summed E-state index contributed by atoms with van der Waals surface area (Å²) >= 11 is 6.54. The number of carbonyl (C=O) groups is 3. The lowest BCUT2D eigenvalue weighted by molar-refractivity contribution is -0.134. The number of aromatic nitrogens is 4. The summed E-state index contributed by atoms with van der Waals surface area (Å²) in [6.07, 6.45) is 13.3. The van der Waals surface area contributed by atoms with E-state index in [4.69, 9.17) is 21.7 Å². The van der Waals surface area contributed by atoms with Gasteiger partial charge in [0.15, 0.2) is 17.2 Å². The summed E-state index contributed by atoms with van der Waals surface area (Å²) < 4.78 is 1.61. The fourth-order valence-corrected chi connectivity index (χ4v) is 9.65. The van der Waals surface area contributed by atoms with Crippen molar-refractivity contribution >= 4 is 57.8 Å². The maximum absolute atomic E-state index is 12.6. The number of piperazine rings is 1. The molecule has 10 rings (SSSR count). The number of carbonyl (C=O) groups excluding carboxylic acids is 3. The number of imide groups is 1. The van der Waals surface area contributed by atoms with Gasteiger partial charge in [-0.1, -0.05) is 49.1 Å². The van der Waals surface area contributed by atoms with Crippen LogP contribution in [0.3, 0.4) is 0 Å². The van der Waals surface area contributed by atoms with E-state index in [1.54, 1.807) is 17.8 Å². The second-order valence-electron chi connectivity index (χ2n) is 17.5. The van der Waals surface area contributed by atoms with Crippen molar-refractivity contribution in [3.63, 3.8) is 0 Å². The lowest BCUT2D eigenvalue weighted by Gasteiger charge is -2.37. The molecule has 5 aromatic rings. The Balaban J connectivity index is 0.00000161. The molecule has 1 aliphatic carbocycles. The molecule has 3 amide bonds. The van der Waals surface area contributed by atoms with Gasteiger partial charge in [0.05, 0.1) is 23.5 Å². The molecule has 0 radical (unpaired) electrons. The highest BCUT2D eigenvalue weighted by Crippen LogP contribution is 2.40. The zero-order valence-electron chi connectivity index (χ0n) is 36.4. The van der Waals surface area contributed by atoms with Crippen molar-refractivity contribution in [2.45, 2.75) is 70.3 Å². The summed E-state index contributed by atoms with van der Waals surface area (Å²) in [4.78, 5) is 56.0. The van der Waals surface area contributed by atoms with Gasteiger partial charge in [0.2, 0.25) is 11.8 Å². The van der Waals surface area contributed by atoms with Crippen molar-refractivity contribution in [3.05, 3.63) is 94.4 Å². The number of fused-ring (bicyclic) bond motifs is 2. The molecule has 4 aliphatic heterocycles. The Morgan fingerprint density at radius 2 is 1.65 bits per heavy atom. The molecule has 0 spiro atoms. The first-order valence-corrected chi connectivity index (χ1v) is 23.1. The zero-order chi connectivity index (χ0) is 43.5. The molecular weight excluding hydrogens is 814 g/mol. The van der Waals surface area contributed by atoms with E-state index in [0.717, 1.165) is 118 Å². The van der Waals surface area contributed by atoms with E-state index < -0.39 is 0 Å². The number of pyridine rings is 1. The molecule has 4 fully saturated rings. The van der Waals surface area contributed by atoms with E-state index in [1.807, 2.05) is 25.4 Å². The van der Waals surface area contributed by atoms with E-state index in [0.29, 0.717) is 35.1 Å². The summed E-state index contributed by atoms with van der Waals surface area (Å²) in [6.45, 7) is 9.04. The standard InChI is InChI=1S/C45H52ClN11O3.C3H6/c1-47-38-25-41(52-57-40(45(60)48-2)27-50-43(38)57)56-19-15-33-32(4-3-5-39(33)56)37-10-6-30(26-49-37)28-54-22-20-53(21-23-54)16-12-29-13-17-55(18-14-29)31-7-9-36(46)35(24-31)34-8-11-42(58)51-44(34)59;1-2-3-1/h3-7,9-10,24-27,29,34,47H,8,11-23,28H2,1-2H3,(H,48,60)(H,51,58,59);1-3H2. The number of imidazole rings is 1. The van der Waals surface area contributed by atoms with Crippen molar-refractivity contribution < 1.29 is 14.4 Å². The molecule has 5 aliphatic rings. The molecule has 1 atom stereocenters. The molecule has 330 valence electrons. The number of anilines is 4. The van der Waals surface area contributed by atoms with E-state index in [-0.39, 0.29) is 23.6 Å². The highest BCUT2D eigenvalue weighted by Gasteiger charge is 2.31. The summed E-state index contributed by atoms with van der Waals surface area (Å²) in [5.74, 6) is 0.375. The molecule has 0 bridgehead atoms. The minimum absolute atomic E-state index is 0.210. The van der Waals surface area contributed by atoms with Crippen LogP contribution in [0.2, 0.25) is 5.02 Å². The maximum Gasteiger partial charge on any atom is 0.271 e. The quantitative estimate of drug-likeness (QED) is 0.123. The third kappa shape index (κ3) is 9.53. The molecule has 3 aromatic heterocycles. The molecular formula is C48H58ClN11O3. The van der Waals surface area contributed by atoms with Gasteiger partial charge in [-0.2, -0.15) is 0 Å². The molecule has 2 aromatic carbocycles. The number of halogens is 1. The Hall–Kier alpha value is -5.57. The molecule has 1 unspecified atom stereocenters. The summed E-state index contributed by atoms with van der Waals surface area (Å²) in [7, 11) is 3.45. The molecule has 7 heterocycles. The largest absolute Gasteiger partial charge is 0.385 e. The molecule has 14 nitrogen and oxygen atoms in total. The normalized spacial score (nSPS) is 19.4. The van der Waals surface area contributed by atoms with Crippen molar-refractivity contribution in [2.75, 3.05) is 81.6 Å². The first kappa shape index (κ1) is 42.7. The molecule has 3 saturated heterocycles. The monoisotopic (exact) mass is 871 g/mol. The van der Waals surface area contributed by atoms with Gasteiger partial charge in [-0.25, -0.2) is 9.50 Å². The number of rotatable bonds is 11. The van der Waals surface area contributed by atoms with Crippen molar-refractivity contribution in [1.82, 2.24) is 40.0 Å². The molecule has 15 heteroatoms. The lowest BCUT2D eigenvalue weighted by atomic mass is 9.89. The summed E-state index contributed by atoms with van der Waals surface area (Å²) in [5, 5.41) is 13.8. The SMILES string of the molecule is C1CC1.CNC(=O)c1cnc2c(NC)cc(N3CCc4c(-c5ccc(CN6CCN(CCC7CCN(c8ccc(Cl)c(C9CCC(=O)NC9=O)c8)CC7)CC6)cn5)cccc43)nn12. The van der Waals surface area contributed by atoms with E-state index >= 15 is 0 Å². The highest BCUT2D eigenvalue weighted by molar-refractivity contribution is 6.31. The topological polar surface area (TPSA) is 143 Å². The van der Waals surface area contributed by atoms with Gasteiger partial charge in [0.25, 0.3) is 5.91 Å². The third-order valence-electron chi connectivity index (χ3n) is 13.2. The van der Waals surface area contributed by atoms with Crippen LogP contribution in [0.1, 0.15) is 84.5 Å². The number of nitrogens with zero attached hydrogens (tertiary/aromatic N) is 8. The molecule has 3 N–H and O–H groups in total. The van der Waals surface area contributed by atoms with Crippen LogP contribution in [-0.2, 0) is 22.6 Å². The highest BCUT2D eigenvalue weighted by atomic mass is 35.5.